The zero-order chi connectivity index (χ0) is 21.4. The molecule has 0 unspecified atom stereocenters. The van der Waals surface area contributed by atoms with E-state index in [-0.39, 0.29) is 5.69 Å². The summed E-state index contributed by atoms with van der Waals surface area (Å²) in [5, 5.41) is 20.9. The van der Waals surface area contributed by atoms with Crippen LogP contribution in [0.2, 0.25) is 0 Å². The first-order valence-corrected chi connectivity index (χ1v) is 9.39. The number of H-pyrrole nitrogens is 1. The largest absolute Gasteiger partial charge is 0.337 e. The van der Waals surface area contributed by atoms with Crippen LogP contribution in [0, 0.1) is 42.2 Å². The van der Waals surface area contributed by atoms with Gasteiger partial charge in [-0.05, 0) is 62.2 Å². The third kappa shape index (κ3) is 3.35. The number of hydrogen-bond acceptors (Lipinski definition) is 4. The standard InChI is InChI=1S/C23H19N5O2/c1-14-7-8-21-22(9-14)26-23(25-21)18(13-24)11-17-10-15(2)27(16(17)3)19-5-4-6-20(12-19)28(29)30/h4-12H,1-3H3,(H,25,26). The topological polar surface area (TPSA) is 101 Å². The van der Waals surface area contributed by atoms with Crippen LogP contribution in [-0.4, -0.2) is 19.5 Å². The summed E-state index contributed by atoms with van der Waals surface area (Å²) in [7, 11) is 0. The predicted octanol–water partition coefficient (Wildman–Crippen LogP) is 5.25. The maximum atomic E-state index is 11.1. The van der Waals surface area contributed by atoms with Gasteiger partial charge in [-0.3, -0.25) is 10.1 Å². The first-order valence-electron chi connectivity index (χ1n) is 9.39. The number of nitro groups is 1. The fourth-order valence-corrected chi connectivity index (χ4v) is 3.64. The number of aryl methyl sites for hydroxylation is 2. The number of nitriles is 1. The van der Waals surface area contributed by atoms with Crippen molar-refractivity contribution in [2.24, 2.45) is 0 Å². The Morgan fingerprint density at radius 1 is 1.20 bits per heavy atom. The highest BCUT2D eigenvalue weighted by molar-refractivity contribution is 5.91. The molecule has 1 N–H and O–H groups in total. The quantitative estimate of drug-likeness (QED) is 0.289. The lowest BCUT2D eigenvalue weighted by molar-refractivity contribution is -0.384. The van der Waals surface area contributed by atoms with Crippen LogP contribution in [0.3, 0.4) is 0 Å². The van der Waals surface area contributed by atoms with E-state index in [1.807, 2.05) is 55.7 Å². The molecule has 0 spiro atoms. The Labute approximate surface area is 173 Å². The van der Waals surface area contributed by atoms with Crippen LogP contribution >= 0.6 is 0 Å². The second-order valence-corrected chi connectivity index (χ2v) is 7.21. The molecule has 7 heteroatoms. The van der Waals surface area contributed by atoms with Crippen LogP contribution in [0.5, 0.6) is 0 Å². The van der Waals surface area contributed by atoms with Crippen LogP contribution < -0.4 is 0 Å². The lowest BCUT2D eigenvalue weighted by Crippen LogP contribution is -2.00. The van der Waals surface area contributed by atoms with E-state index in [0.717, 1.165) is 33.5 Å². The molecule has 0 bridgehead atoms. The smallest absolute Gasteiger partial charge is 0.271 e. The van der Waals surface area contributed by atoms with Crippen LogP contribution in [-0.2, 0) is 0 Å². The third-order valence-electron chi connectivity index (χ3n) is 5.08. The summed E-state index contributed by atoms with van der Waals surface area (Å²) in [5.41, 5.74) is 6.61. The van der Waals surface area contributed by atoms with Crippen molar-refractivity contribution in [3.05, 3.63) is 87.0 Å². The molecule has 2 aromatic carbocycles. The van der Waals surface area contributed by atoms with E-state index in [9.17, 15) is 15.4 Å². The minimum Gasteiger partial charge on any atom is -0.337 e. The zero-order valence-electron chi connectivity index (χ0n) is 16.8. The lowest BCUT2D eigenvalue weighted by atomic mass is 10.1. The lowest BCUT2D eigenvalue weighted by Gasteiger charge is -2.09. The number of non-ortho nitro benzene ring substituents is 1. The van der Waals surface area contributed by atoms with Gasteiger partial charge in [0.1, 0.15) is 11.9 Å². The number of imidazole rings is 1. The Hall–Kier alpha value is -4.18. The molecular weight excluding hydrogens is 378 g/mol. The van der Waals surface area contributed by atoms with E-state index in [4.69, 9.17) is 0 Å². The van der Waals surface area contributed by atoms with Crippen molar-refractivity contribution in [2.45, 2.75) is 20.8 Å². The van der Waals surface area contributed by atoms with E-state index in [2.05, 4.69) is 16.0 Å². The van der Waals surface area contributed by atoms with Gasteiger partial charge in [0.15, 0.2) is 0 Å². The molecule has 2 heterocycles. The van der Waals surface area contributed by atoms with E-state index < -0.39 is 4.92 Å². The summed E-state index contributed by atoms with van der Waals surface area (Å²) in [5.74, 6) is 0.512. The predicted molar refractivity (Wildman–Crippen MR) is 116 cm³/mol. The molecule has 4 rings (SSSR count). The highest BCUT2D eigenvalue weighted by Gasteiger charge is 2.15. The average molecular weight is 397 g/mol. The monoisotopic (exact) mass is 397 g/mol. The molecule has 0 aliphatic carbocycles. The van der Waals surface area contributed by atoms with Crippen LogP contribution in [0.1, 0.15) is 28.3 Å². The summed E-state index contributed by atoms with van der Waals surface area (Å²) in [6, 6.07) is 16.6. The van der Waals surface area contributed by atoms with Crippen molar-refractivity contribution in [1.82, 2.24) is 14.5 Å². The number of aromatic nitrogens is 3. The molecule has 2 aromatic heterocycles. The highest BCUT2D eigenvalue weighted by atomic mass is 16.6. The zero-order valence-corrected chi connectivity index (χ0v) is 16.8. The van der Waals surface area contributed by atoms with Gasteiger partial charge in [-0.15, -0.1) is 0 Å². The molecule has 4 aromatic rings. The van der Waals surface area contributed by atoms with Crippen molar-refractivity contribution >= 4 is 28.4 Å². The number of aromatic amines is 1. The Kier molecular flexibility index (Phi) is 4.68. The molecule has 0 saturated heterocycles. The number of hydrogen-bond donors (Lipinski definition) is 1. The normalized spacial score (nSPS) is 11.6. The number of fused-ring (bicyclic) bond motifs is 1. The minimum absolute atomic E-state index is 0.0346. The molecule has 30 heavy (non-hydrogen) atoms. The molecular formula is C23H19N5O2. The molecule has 0 fully saturated rings. The van der Waals surface area contributed by atoms with Crippen LogP contribution in [0.25, 0.3) is 28.4 Å². The number of allylic oxidation sites excluding steroid dienone is 1. The van der Waals surface area contributed by atoms with Gasteiger partial charge in [0.2, 0.25) is 0 Å². The maximum Gasteiger partial charge on any atom is 0.271 e. The molecule has 0 radical (unpaired) electrons. The van der Waals surface area contributed by atoms with Crippen LogP contribution in [0.15, 0.2) is 48.5 Å². The van der Waals surface area contributed by atoms with Crippen molar-refractivity contribution in [3.63, 3.8) is 0 Å². The minimum atomic E-state index is -0.407. The molecule has 0 amide bonds. The highest BCUT2D eigenvalue weighted by Crippen LogP contribution is 2.27. The van der Waals surface area contributed by atoms with Gasteiger partial charge in [0, 0.05) is 23.5 Å². The summed E-state index contributed by atoms with van der Waals surface area (Å²) in [6.07, 6.45) is 1.79. The first kappa shape index (κ1) is 19.2. The van der Waals surface area contributed by atoms with E-state index >= 15 is 0 Å². The Morgan fingerprint density at radius 3 is 2.73 bits per heavy atom. The number of nitrogens with zero attached hydrogens (tertiary/aromatic N) is 4. The Balaban J connectivity index is 1.79. The second-order valence-electron chi connectivity index (χ2n) is 7.21. The van der Waals surface area contributed by atoms with Crippen molar-refractivity contribution < 1.29 is 4.92 Å². The van der Waals surface area contributed by atoms with Gasteiger partial charge in [0.25, 0.3) is 5.69 Å². The SMILES string of the molecule is Cc1ccc2nc(C(C#N)=Cc3cc(C)n(-c4cccc([N+](=O)[O-])c4)c3C)[nH]c2c1. The van der Waals surface area contributed by atoms with Crippen molar-refractivity contribution in [3.8, 4) is 11.8 Å². The van der Waals surface area contributed by atoms with Gasteiger partial charge in [-0.25, -0.2) is 4.98 Å². The van der Waals surface area contributed by atoms with Gasteiger partial charge < -0.3 is 9.55 Å². The molecule has 7 nitrogen and oxygen atoms in total. The molecule has 0 aliphatic rings. The number of benzene rings is 2. The summed E-state index contributed by atoms with van der Waals surface area (Å²) in [4.78, 5) is 18.5. The summed E-state index contributed by atoms with van der Waals surface area (Å²) >= 11 is 0. The fraction of sp³-hybridized carbons (Fsp3) is 0.130. The number of rotatable bonds is 4. The Bertz CT molecular complexity index is 1370. The average Bonchev–Trinajstić information content (AvgIpc) is 3.25. The van der Waals surface area contributed by atoms with Gasteiger partial charge >= 0.3 is 0 Å². The van der Waals surface area contributed by atoms with E-state index in [1.165, 1.54) is 6.07 Å². The van der Waals surface area contributed by atoms with E-state index in [1.54, 1.807) is 18.2 Å². The fourth-order valence-electron chi connectivity index (χ4n) is 3.64. The number of nitro benzene ring substituents is 1. The van der Waals surface area contributed by atoms with Crippen LogP contribution in [0.4, 0.5) is 5.69 Å². The second kappa shape index (κ2) is 7.33. The van der Waals surface area contributed by atoms with Crippen molar-refractivity contribution in [2.75, 3.05) is 0 Å². The molecule has 0 saturated carbocycles. The Morgan fingerprint density at radius 2 is 2.00 bits per heavy atom. The third-order valence-corrected chi connectivity index (χ3v) is 5.08. The van der Waals surface area contributed by atoms with E-state index in [0.29, 0.717) is 17.1 Å². The molecule has 0 aliphatic heterocycles. The van der Waals surface area contributed by atoms with Gasteiger partial charge in [-0.2, -0.15) is 5.26 Å². The molecule has 148 valence electrons. The maximum absolute atomic E-state index is 11.1. The number of nitrogens with one attached hydrogen (secondary N) is 1. The summed E-state index contributed by atoms with van der Waals surface area (Å²) < 4.78 is 1.94. The first-order chi connectivity index (χ1) is 14.4. The summed E-state index contributed by atoms with van der Waals surface area (Å²) in [6.45, 7) is 5.86. The molecule has 0 atom stereocenters. The van der Waals surface area contributed by atoms with Gasteiger partial charge in [-0.1, -0.05) is 12.1 Å². The van der Waals surface area contributed by atoms with Gasteiger partial charge in [0.05, 0.1) is 27.2 Å². The van der Waals surface area contributed by atoms with Crippen molar-refractivity contribution in [1.29, 1.82) is 5.26 Å².